The van der Waals surface area contributed by atoms with Gasteiger partial charge >= 0.3 is 0 Å². The van der Waals surface area contributed by atoms with Crippen LogP contribution in [0, 0.1) is 5.92 Å². The Balaban J connectivity index is 1.65. The summed E-state index contributed by atoms with van der Waals surface area (Å²) >= 11 is 3.54. The zero-order valence-electron chi connectivity index (χ0n) is 11.2. The SMILES string of the molecule is CC1CCCCC1NCc1cc(Br)c2c(c1)OCO2. The molecule has 1 aliphatic carbocycles. The molecular weight excluding hydrogens is 306 g/mol. The molecule has 1 aliphatic heterocycles. The largest absolute Gasteiger partial charge is 0.454 e. The van der Waals surface area contributed by atoms with Gasteiger partial charge in [-0.25, -0.2) is 0 Å². The van der Waals surface area contributed by atoms with Crippen molar-refractivity contribution in [3.8, 4) is 11.5 Å². The molecule has 2 aliphatic rings. The highest BCUT2D eigenvalue weighted by molar-refractivity contribution is 9.10. The molecule has 1 aromatic carbocycles. The van der Waals surface area contributed by atoms with Crippen molar-refractivity contribution in [3.63, 3.8) is 0 Å². The maximum Gasteiger partial charge on any atom is 0.231 e. The number of hydrogen-bond acceptors (Lipinski definition) is 3. The van der Waals surface area contributed by atoms with Gasteiger partial charge in [-0.15, -0.1) is 0 Å². The highest BCUT2D eigenvalue weighted by Crippen LogP contribution is 2.40. The van der Waals surface area contributed by atoms with Crippen LogP contribution in [-0.2, 0) is 6.54 Å². The third-order valence-electron chi connectivity index (χ3n) is 4.17. The molecule has 104 valence electrons. The molecular formula is C15H20BrNO2. The Kier molecular flexibility index (Phi) is 3.99. The molecule has 3 rings (SSSR count). The summed E-state index contributed by atoms with van der Waals surface area (Å²) in [7, 11) is 0. The fraction of sp³-hybridized carbons (Fsp3) is 0.600. The Morgan fingerprint density at radius 3 is 2.95 bits per heavy atom. The lowest BCUT2D eigenvalue weighted by Crippen LogP contribution is -2.36. The predicted molar refractivity (Wildman–Crippen MR) is 78.5 cm³/mol. The first-order valence-electron chi connectivity index (χ1n) is 7.05. The molecule has 3 nitrogen and oxygen atoms in total. The molecule has 1 aromatic rings. The maximum absolute atomic E-state index is 5.45. The molecule has 4 heteroatoms. The minimum Gasteiger partial charge on any atom is -0.454 e. The van der Waals surface area contributed by atoms with Crippen LogP contribution < -0.4 is 14.8 Å². The average Bonchev–Trinajstić information content (AvgIpc) is 2.87. The first-order chi connectivity index (χ1) is 9.24. The monoisotopic (exact) mass is 325 g/mol. The average molecular weight is 326 g/mol. The molecule has 0 saturated heterocycles. The van der Waals surface area contributed by atoms with Crippen LogP contribution in [0.5, 0.6) is 11.5 Å². The number of fused-ring (bicyclic) bond motifs is 1. The van der Waals surface area contributed by atoms with Crippen molar-refractivity contribution in [3.05, 3.63) is 22.2 Å². The summed E-state index contributed by atoms with van der Waals surface area (Å²) in [5.74, 6) is 2.46. The van der Waals surface area contributed by atoms with Crippen molar-refractivity contribution in [2.75, 3.05) is 6.79 Å². The summed E-state index contributed by atoms with van der Waals surface area (Å²) in [6.45, 7) is 3.57. The molecule has 0 amide bonds. The first-order valence-corrected chi connectivity index (χ1v) is 7.85. The van der Waals surface area contributed by atoms with Crippen LogP contribution in [0.1, 0.15) is 38.2 Å². The molecule has 1 saturated carbocycles. The van der Waals surface area contributed by atoms with Crippen LogP contribution in [0.2, 0.25) is 0 Å². The smallest absolute Gasteiger partial charge is 0.231 e. The van der Waals surface area contributed by atoms with E-state index in [1.165, 1.54) is 31.2 Å². The van der Waals surface area contributed by atoms with E-state index in [-0.39, 0.29) is 0 Å². The van der Waals surface area contributed by atoms with Crippen molar-refractivity contribution >= 4 is 15.9 Å². The van der Waals surface area contributed by atoms with Crippen LogP contribution in [0.4, 0.5) is 0 Å². The predicted octanol–water partition coefficient (Wildman–Crippen LogP) is 3.85. The van der Waals surface area contributed by atoms with Gasteiger partial charge in [0.2, 0.25) is 6.79 Å². The van der Waals surface area contributed by atoms with E-state index in [9.17, 15) is 0 Å². The van der Waals surface area contributed by atoms with Gasteiger partial charge in [-0.05, 0) is 52.4 Å². The zero-order chi connectivity index (χ0) is 13.2. The van der Waals surface area contributed by atoms with E-state index in [0.717, 1.165) is 28.4 Å². The number of nitrogens with one attached hydrogen (secondary N) is 1. The second-order valence-electron chi connectivity index (χ2n) is 5.56. The second kappa shape index (κ2) is 5.71. The first kappa shape index (κ1) is 13.3. The number of benzene rings is 1. The highest BCUT2D eigenvalue weighted by atomic mass is 79.9. The third-order valence-corrected chi connectivity index (χ3v) is 4.76. The van der Waals surface area contributed by atoms with Gasteiger partial charge in [-0.2, -0.15) is 0 Å². The standard InChI is InChI=1S/C15H20BrNO2/c1-10-4-2-3-5-13(10)17-8-11-6-12(16)15-14(7-11)18-9-19-15/h6-7,10,13,17H,2-5,8-9H2,1H3. The van der Waals surface area contributed by atoms with Crippen LogP contribution >= 0.6 is 15.9 Å². The van der Waals surface area contributed by atoms with Crippen LogP contribution in [-0.4, -0.2) is 12.8 Å². The van der Waals surface area contributed by atoms with E-state index >= 15 is 0 Å². The molecule has 1 N–H and O–H groups in total. The summed E-state index contributed by atoms with van der Waals surface area (Å²) in [5.41, 5.74) is 1.24. The lowest BCUT2D eigenvalue weighted by molar-refractivity contribution is 0.173. The van der Waals surface area contributed by atoms with Gasteiger partial charge in [-0.3, -0.25) is 0 Å². The molecule has 0 spiro atoms. The number of halogens is 1. The van der Waals surface area contributed by atoms with Crippen molar-refractivity contribution in [1.29, 1.82) is 0 Å². The maximum atomic E-state index is 5.45. The van der Waals surface area contributed by atoms with E-state index in [1.807, 2.05) is 0 Å². The van der Waals surface area contributed by atoms with Crippen LogP contribution in [0.25, 0.3) is 0 Å². The van der Waals surface area contributed by atoms with E-state index < -0.39 is 0 Å². The molecule has 0 aromatic heterocycles. The van der Waals surface area contributed by atoms with Crippen molar-refractivity contribution < 1.29 is 9.47 Å². The Labute approximate surface area is 122 Å². The van der Waals surface area contributed by atoms with E-state index in [0.29, 0.717) is 12.8 Å². The normalized spacial score (nSPS) is 25.6. The van der Waals surface area contributed by atoms with E-state index in [1.54, 1.807) is 0 Å². The molecule has 0 radical (unpaired) electrons. The Hall–Kier alpha value is -0.740. The topological polar surface area (TPSA) is 30.5 Å². The van der Waals surface area contributed by atoms with E-state index in [2.05, 4.69) is 40.3 Å². The fourth-order valence-corrected chi connectivity index (χ4v) is 3.60. The highest BCUT2D eigenvalue weighted by Gasteiger charge is 2.22. The lowest BCUT2D eigenvalue weighted by Gasteiger charge is -2.29. The Morgan fingerprint density at radius 1 is 1.26 bits per heavy atom. The summed E-state index contributed by atoms with van der Waals surface area (Å²) in [6, 6.07) is 4.85. The summed E-state index contributed by atoms with van der Waals surface area (Å²) in [4.78, 5) is 0. The number of ether oxygens (including phenoxy) is 2. The van der Waals surface area contributed by atoms with Gasteiger partial charge in [0.05, 0.1) is 4.47 Å². The van der Waals surface area contributed by atoms with Crippen molar-refractivity contribution in [2.24, 2.45) is 5.92 Å². The fourth-order valence-electron chi connectivity index (χ4n) is 2.99. The molecule has 19 heavy (non-hydrogen) atoms. The van der Waals surface area contributed by atoms with Gasteiger partial charge in [0, 0.05) is 12.6 Å². The molecule has 1 fully saturated rings. The summed E-state index contributed by atoms with van der Waals surface area (Å²) in [5, 5.41) is 3.69. The van der Waals surface area contributed by atoms with Gasteiger partial charge in [0.1, 0.15) is 0 Å². The van der Waals surface area contributed by atoms with Crippen molar-refractivity contribution in [1.82, 2.24) is 5.32 Å². The second-order valence-corrected chi connectivity index (χ2v) is 6.41. The molecule has 2 unspecified atom stereocenters. The molecule has 2 atom stereocenters. The minimum absolute atomic E-state index is 0.324. The number of rotatable bonds is 3. The minimum atomic E-state index is 0.324. The van der Waals surface area contributed by atoms with Gasteiger partial charge < -0.3 is 14.8 Å². The molecule has 1 heterocycles. The third kappa shape index (κ3) is 2.90. The Morgan fingerprint density at radius 2 is 2.11 bits per heavy atom. The zero-order valence-corrected chi connectivity index (χ0v) is 12.8. The molecule has 0 bridgehead atoms. The Bertz CT molecular complexity index is 464. The summed E-state index contributed by atoms with van der Waals surface area (Å²) < 4.78 is 11.8. The van der Waals surface area contributed by atoms with Gasteiger partial charge in [0.25, 0.3) is 0 Å². The van der Waals surface area contributed by atoms with Gasteiger partial charge in [-0.1, -0.05) is 19.8 Å². The van der Waals surface area contributed by atoms with E-state index in [4.69, 9.17) is 9.47 Å². The summed E-state index contributed by atoms with van der Waals surface area (Å²) in [6.07, 6.45) is 5.39. The van der Waals surface area contributed by atoms with Crippen LogP contribution in [0.15, 0.2) is 16.6 Å². The van der Waals surface area contributed by atoms with Gasteiger partial charge in [0.15, 0.2) is 11.5 Å². The quantitative estimate of drug-likeness (QED) is 0.915. The van der Waals surface area contributed by atoms with Crippen molar-refractivity contribution in [2.45, 2.75) is 45.2 Å². The number of hydrogen-bond donors (Lipinski definition) is 1. The van der Waals surface area contributed by atoms with Crippen LogP contribution in [0.3, 0.4) is 0 Å². The lowest BCUT2D eigenvalue weighted by atomic mass is 9.86.